The Morgan fingerprint density at radius 2 is 2.27 bits per heavy atom. The molecule has 0 aromatic carbocycles. The molecular weight excluding hydrogens is 214 g/mol. The van der Waals surface area contributed by atoms with Crippen molar-refractivity contribution in [2.24, 2.45) is 0 Å². The standard InChI is InChI=1S/C9H6ClN5/c10-7-2-1-3-8(14-7)15-9(12)6(4-11)5-13-15/h1-3,5H,12H2. The fourth-order valence-corrected chi connectivity index (χ4v) is 1.30. The van der Waals surface area contributed by atoms with E-state index in [0.717, 1.165) is 0 Å². The molecule has 0 spiro atoms. The summed E-state index contributed by atoms with van der Waals surface area (Å²) in [5.41, 5.74) is 6.01. The number of nitrogens with zero attached hydrogens (tertiary/aromatic N) is 4. The van der Waals surface area contributed by atoms with Gasteiger partial charge in [-0.15, -0.1) is 0 Å². The van der Waals surface area contributed by atoms with Crippen LogP contribution in [0, 0.1) is 11.3 Å². The first kappa shape index (κ1) is 9.49. The normalized spacial score (nSPS) is 9.87. The summed E-state index contributed by atoms with van der Waals surface area (Å²) in [4.78, 5) is 4.03. The van der Waals surface area contributed by atoms with Gasteiger partial charge in [-0.2, -0.15) is 15.0 Å². The molecule has 2 aromatic heterocycles. The van der Waals surface area contributed by atoms with E-state index in [-0.39, 0.29) is 5.82 Å². The van der Waals surface area contributed by atoms with Crippen LogP contribution in [0.5, 0.6) is 0 Å². The van der Waals surface area contributed by atoms with Gasteiger partial charge in [-0.25, -0.2) is 4.98 Å². The second-order valence-corrected chi connectivity index (χ2v) is 3.17. The van der Waals surface area contributed by atoms with E-state index < -0.39 is 0 Å². The van der Waals surface area contributed by atoms with Crippen LogP contribution in [-0.4, -0.2) is 14.8 Å². The van der Waals surface area contributed by atoms with E-state index in [0.29, 0.717) is 16.5 Å². The van der Waals surface area contributed by atoms with Crippen LogP contribution in [0.3, 0.4) is 0 Å². The van der Waals surface area contributed by atoms with Crippen molar-refractivity contribution in [1.29, 1.82) is 5.26 Å². The first-order valence-electron chi connectivity index (χ1n) is 4.09. The Morgan fingerprint density at radius 3 is 2.87 bits per heavy atom. The minimum Gasteiger partial charge on any atom is -0.382 e. The van der Waals surface area contributed by atoms with Gasteiger partial charge in [-0.3, -0.25) is 0 Å². The summed E-state index contributed by atoms with van der Waals surface area (Å²) in [6, 6.07) is 7.02. The molecule has 2 rings (SSSR count). The number of aromatic nitrogens is 3. The van der Waals surface area contributed by atoms with E-state index in [9.17, 15) is 0 Å². The number of hydrogen-bond acceptors (Lipinski definition) is 4. The van der Waals surface area contributed by atoms with Crippen LogP contribution in [0.2, 0.25) is 5.15 Å². The van der Waals surface area contributed by atoms with E-state index in [1.165, 1.54) is 10.9 Å². The van der Waals surface area contributed by atoms with Crippen molar-refractivity contribution in [2.45, 2.75) is 0 Å². The van der Waals surface area contributed by atoms with Crippen molar-refractivity contribution in [3.8, 4) is 11.9 Å². The van der Waals surface area contributed by atoms with E-state index in [1.54, 1.807) is 18.2 Å². The molecule has 0 aliphatic carbocycles. The maximum absolute atomic E-state index is 8.70. The molecule has 0 aliphatic heterocycles. The van der Waals surface area contributed by atoms with Gasteiger partial charge in [0, 0.05) is 0 Å². The molecule has 2 aromatic rings. The van der Waals surface area contributed by atoms with Gasteiger partial charge in [0.15, 0.2) is 5.82 Å². The first-order chi connectivity index (χ1) is 7.22. The average Bonchev–Trinajstić information content (AvgIpc) is 2.59. The summed E-state index contributed by atoms with van der Waals surface area (Å²) in [5, 5.41) is 13.0. The zero-order valence-corrected chi connectivity index (χ0v) is 8.31. The molecule has 0 fully saturated rings. The zero-order valence-electron chi connectivity index (χ0n) is 7.55. The fraction of sp³-hybridized carbons (Fsp3) is 0. The van der Waals surface area contributed by atoms with Gasteiger partial charge >= 0.3 is 0 Å². The quantitative estimate of drug-likeness (QED) is 0.735. The summed E-state index contributed by atoms with van der Waals surface area (Å²) in [6.07, 6.45) is 1.39. The van der Waals surface area contributed by atoms with Crippen molar-refractivity contribution >= 4 is 17.4 Å². The van der Waals surface area contributed by atoms with Crippen LogP contribution in [-0.2, 0) is 0 Å². The lowest BCUT2D eigenvalue weighted by atomic mass is 10.4. The SMILES string of the molecule is N#Cc1cnn(-c2cccc(Cl)n2)c1N. The highest BCUT2D eigenvalue weighted by molar-refractivity contribution is 6.29. The number of pyridine rings is 1. The van der Waals surface area contributed by atoms with Gasteiger partial charge in [0.1, 0.15) is 22.6 Å². The Hall–Kier alpha value is -2.06. The molecule has 0 saturated carbocycles. The van der Waals surface area contributed by atoms with Crippen molar-refractivity contribution in [2.75, 3.05) is 5.73 Å². The molecule has 5 nitrogen and oxygen atoms in total. The molecule has 0 saturated heterocycles. The van der Waals surface area contributed by atoms with Crippen LogP contribution < -0.4 is 5.73 Å². The van der Waals surface area contributed by atoms with Gasteiger partial charge in [0.05, 0.1) is 6.20 Å². The van der Waals surface area contributed by atoms with E-state index >= 15 is 0 Å². The molecule has 2 heterocycles. The minimum absolute atomic E-state index is 0.257. The second kappa shape index (κ2) is 3.59. The number of halogens is 1. The number of rotatable bonds is 1. The van der Waals surface area contributed by atoms with E-state index in [2.05, 4.69) is 10.1 Å². The van der Waals surface area contributed by atoms with Crippen LogP contribution in [0.4, 0.5) is 5.82 Å². The topological polar surface area (TPSA) is 80.5 Å². The molecule has 0 amide bonds. The molecule has 0 atom stereocenters. The highest BCUT2D eigenvalue weighted by Gasteiger charge is 2.09. The average molecular weight is 220 g/mol. The molecule has 74 valence electrons. The van der Waals surface area contributed by atoms with Crippen LogP contribution in [0.1, 0.15) is 5.56 Å². The summed E-state index contributed by atoms with van der Waals surface area (Å²) >= 11 is 5.73. The predicted octanol–water partition coefficient (Wildman–Crippen LogP) is 1.37. The molecule has 2 N–H and O–H groups in total. The fourth-order valence-electron chi connectivity index (χ4n) is 1.14. The Balaban J connectivity index is 2.56. The third kappa shape index (κ3) is 1.63. The number of hydrogen-bond donors (Lipinski definition) is 1. The molecule has 0 unspecified atom stereocenters. The monoisotopic (exact) mass is 219 g/mol. The van der Waals surface area contributed by atoms with Crippen LogP contribution >= 0.6 is 11.6 Å². The Labute approximate surface area is 90.7 Å². The van der Waals surface area contributed by atoms with E-state index in [1.807, 2.05) is 6.07 Å². The number of nitrogen functional groups attached to an aromatic ring is 1. The Kier molecular flexibility index (Phi) is 2.27. The molecule has 0 radical (unpaired) electrons. The summed E-state index contributed by atoms with van der Waals surface area (Å²) in [6.45, 7) is 0. The van der Waals surface area contributed by atoms with Gasteiger partial charge in [0.25, 0.3) is 0 Å². The lowest BCUT2D eigenvalue weighted by Gasteiger charge is -2.02. The maximum Gasteiger partial charge on any atom is 0.157 e. The molecule has 0 aliphatic rings. The van der Waals surface area contributed by atoms with Crippen LogP contribution in [0.25, 0.3) is 5.82 Å². The molecular formula is C9H6ClN5. The molecule has 6 heteroatoms. The third-order valence-electron chi connectivity index (χ3n) is 1.84. The van der Waals surface area contributed by atoms with Crippen LogP contribution in [0.15, 0.2) is 24.4 Å². The Bertz CT molecular complexity index is 540. The van der Waals surface area contributed by atoms with Crippen molar-refractivity contribution in [1.82, 2.24) is 14.8 Å². The number of anilines is 1. The maximum atomic E-state index is 8.70. The lowest BCUT2D eigenvalue weighted by molar-refractivity contribution is 0.857. The number of nitrogens with two attached hydrogens (primary N) is 1. The Morgan fingerprint density at radius 1 is 1.47 bits per heavy atom. The van der Waals surface area contributed by atoms with Gasteiger partial charge < -0.3 is 5.73 Å². The predicted molar refractivity (Wildman–Crippen MR) is 55.5 cm³/mol. The highest BCUT2D eigenvalue weighted by Crippen LogP contribution is 2.15. The van der Waals surface area contributed by atoms with Crippen molar-refractivity contribution < 1.29 is 0 Å². The lowest BCUT2D eigenvalue weighted by Crippen LogP contribution is -2.04. The largest absolute Gasteiger partial charge is 0.382 e. The number of nitriles is 1. The third-order valence-corrected chi connectivity index (χ3v) is 2.05. The molecule has 0 bridgehead atoms. The second-order valence-electron chi connectivity index (χ2n) is 2.79. The van der Waals surface area contributed by atoms with Crippen molar-refractivity contribution in [3.63, 3.8) is 0 Å². The summed E-state index contributed by atoms with van der Waals surface area (Å²) < 4.78 is 1.37. The minimum atomic E-state index is 0.257. The summed E-state index contributed by atoms with van der Waals surface area (Å²) in [5.74, 6) is 0.744. The molecule has 15 heavy (non-hydrogen) atoms. The van der Waals surface area contributed by atoms with Crippen molar-refractivity contribution in [3.05, 3.63) is 35.1 Å². The van der Waals surface area contributed by atoms with Gasteiger partial charge in [0.2, 0.25) is 0 Å². The first-order valence-corrected chi connectivity index (χ1v) is 4.46. The summed E-state index contributed by atoms with van der Waals surface area (Å²) in [7, 11) is 0. The van der Waals surface area contributed by atoms with Gasteiger partial charge in [-0.1, -0.05) is 17.7 Å². The van der Waals surface area contributed by atoms with E-state index in [4.69, 9.17) is 22.6 Å². The highest BCUT2D eigenvalue weighted by atomic mass is 35.5. The van der Waals surface area contributed by atoms with Gasteiger partial charge in [-0.05, 0) is 12.1 Å². The smallest absolute Gasteiger partial charge is 0.157 e. The zero-order chi connectivity index (χ0) is 10.8.